The lowest BCUT2D eigenvalue weighted by Crippen LogP contribution is -2.67. The first-order chi connectivity index (χ1) is 21.1. The summed E-state index contributed by atoms with van der Waals surface area (Å²) in [6.07, 6.45) is 6.89. The summed E-state index contributed by atoms with van der Waals surface area (Å²) in [6, 6.07) is 21.4. The van der Waals surface area contributed by atoms with E-state index in [9.17, 15) is 0 Å². The molecule has 1 aliphatic rings. The van der Waals surface area contributed by atoms with Crippen molar-refractivity contribution in [3.63, 3.8) is 0 Å². The van der Waals surface area contributed by atoms with Crippen LogP contribution in [0.2, 0.25) is 5.04 Å². The van der Waals surface area contributed by atoms with E-state index in [1.165, 1.54) is 16.7 Å². The van der Waals surface area contributed by atoms with Gasteiger partial charge in [0.2, 0.25) is 0 Å². The quantitative estimate of drug-likeness (QED) is 0.0635. The summed E-state index contributed by atoms with van der Waals surface area (Å²) < 4.78 is 22.7. The smallest absolute Gasteiger partial charge is 0.261 e. The van der Waals surface area contributed by atoms with Gasteiger partial charge < -0.3 is 18.8 Å². The predicted molar refractivity (Wildman–Crippen MR) is 185 cm³/mol. The maximum absolute atomic E-state index is 7.30. The molecule has 0 spiro atoms. The molecule has 1 unspecified atom stereocenters. The molecule has 44 heavy (non-hydrogen) atoms. The molecule has 5 rings (SSSR count). The van der Waals surface area contributed by atoms with Crippen molar-refractivity contribution in [2.45, 2.75) is 63.0 Å². The number of hydrogen-bond acceptors (Lipinski definition) is 9. The maximum atomic E-state index is 7.30. The van der Waals surface area contributed by atoms with Crippen molar-refractivity contribution in [2.24, 2.45) is 4.99 Å². The van der Waals surface area contributed by atoms with E-state index in [0.29, 0.717) is 30.0 Å². The first-order valence-electron chi connectivity index (χ1n) is 14.8. The van der Waals surface area contributed by atoms with Crippen molar-refractivity contribution in [1.29, 1.82) is 0 Å². The number of imidazole rings is 1. The van der Waals surface area contributed by atoms with Crippen molar-refractivity contribution in [2.75, 3.05) is 27.0 Å². The second kappa shape index (κ2) is 14.1. The molecule has 9 nitrogen and oxygen atoms in total. The molecule has 2 aromatic carbocycles. The van der Waals surface area contributed by atoms with Crippen LogP contribution in [0.4, 0.5) is 5.82 Å². The number of nitrogens with zero attached hydrogens (tertiary/aromatic N) is 6. The van der Waals surface area contributed by atoms with E-state index in [4.69, 9.17) is 13.9 Å². The summed E-state index contributed by atoms with van der Waals surface area (Å²) in [5.41, 5.74) is 1.29. The molecule has 2 aromatic heterocycles. The van der Waals surface area contributed by atoms with Gasteiger partial charge in [-0.15, -0.1) is 0 Å². The zero-order valence-electron chi connectivity index (χ0n) is 26.5. The van der Waals surface area contributed by atoms with E-state index in [1.807, 2.05) is 23.6 Å². The van der Waals surface area contributed by atoms with Gasteiger partial charge >= 0.3 is 0 Å². The molecule has 234 valence electrons. The molecule has 1 saturated heterocycles. The molecular weight excluding hydrogens is 609 g/mol. The molecule has 0 N–H and O–H groups in total. The standard InChI is InChI=1S/C32H42N6O3S2Si/c1-23(43-42-7)40-26-18-28(38-22-35-29-30(36-21-37(5)6)33-20-34-31(29)38)41-27(26)19-39-44(32(2,3)4,24-14-10-8-11-15-24)25-16-12-9-13-17-25/h8-17,20-23,26-28H,18-19H2,1-7H3/t23-,26?,27+,28+/m0/s1. The molecule has 0 radical (unpaired) electrons. The monoisotopic (exact) mass is 650 g/mol. The zero-order valence-corrected chi connectivity index (χ0v) is 29.1. The third-order valence-electron chi connectivity index (χ3n) is 7.72. The topological polar surface area (TPSA) is 86.9 Å². The van der Waals surface area contributed by atoms with Gasteiger partial charge in [-0.3, -0.25) is 4.57 Å². The highest BCUT2D eigenvalue weighted by Crippen LogP contribution is 2.40. The van der Waals surface area contributed by atoms with Gasteiger partial charge in [0.05, 0.1) is 25.4 Å². The van der Waals surface area contributed by atoms with Gasteiger partial charge in [-0.2, -0.15) is 0 Å². The van der Waals surface area contributed by atoms with Gasteiger partial charge in [-0.1, -0.05) is 103 Å². The van der Waals surface area contributed by atoms with Gasteiger partial charge in [0.1, 0.15) is 24.1 Å². The van der Waals surface area contributed by atoms with Crippen molar-refractivity contribution in [1.82, 2.24) is 24.4 Å². The Kier molecular flexibility index (Phi) is 10.5. The SMILES string of the molecule is CSS[C@@H](C)OC1C[C@H](n2cnc3c(N=CN(C)C)ncnc32)O[C@@H]1CO[Si](c1ccccc1)(c1ccccc1)C(C)(C)C. The number of rotatable bonds is 12. The summed E-state index contributed by atoms with van der Waals surface area (Å²) in [6.45, 7) is 9.34. The number of aliphatic imine (C=N–C) groups is 1. The van der Waals surface area contributed by atoms with Crippen LogP contribution in [0.25, 0.3) is 11.2 Å². The molecule has 0 aliphatic carbocycles. The average Bonchev–Trinajstić information content (AvgIpc) is 3.61. The van der Waals surface area contributed by atoms with Crippen LogP contribution in [0.3, 0.4) is 0 Å². The Morgan fingerprint density at radius 3 is 2.32 bits per heavy atom. The summed E-state index contributed by atoms with van der Waals surface area (Å²) in [7, 11) is 4.46. The van der Waals surface area contributed by atoms with Gasteiger partial charge in [-0.25, -0.2) is 19.9 Å². The van der Waals surface area contributed by atoms with Crippen LogP contribution in [-0.2, 0) is 13.9 Å². The Labute approximate surface area is 269 Å². The summed E-state index contributed by atoms with van der Waals surface area (Å²) in [4.78, 5) is 19.9. The highest BCUT2D eigenvalue weighted by Gasteiger charge is 2.51. The van der Waals surface area contributed by atoms with Crippen LogP contribution in [0.15, 0.2) is 78.3 Å². The van der Waals surface area contributed by atoms with Gasteiger partial charge in [0.15, 0.2) is 17.0 Å². The number of benzene rings is 2. The fraction of sp³-hybridized carbons (Fsp3) is 0.438. The van der Waals surface area contributed by atoms with Crippen LogP contribution in [0.1, 0.15) is 40.3 Å². The second-order valence-corrected chi connectivity index (χ2v) is 19.1. The Bertz CT molecular complexity index is 1490. The molecule has 1 fully saturated rings. The lowest BCUT2D eigenvalue weighted by Gasteiger charge is -2.43. The maximum Gasteiger partial charge on any atom is 0.261 e. The van der Waals surface area contributed by atoms with E-state index < -0.39 is 8.32 Å². The lowest BCUT2D eigenvalue weighted by atomic mass is 10.2. The number of fused-ring (bicyclic) bond motifs is 1. The van der Waals surface area contributed by atoms with Crippen LogP contribution in [0, 0.1) is 0 Å². The van der Waals surface area contributed by atoms with Crippen LogP contribution in [0.5, 0.6) is 0 Å². The van der Waals surface area contributed by atoms with E-state index in [2.05, 4.69) is 115 Å². The lowest BCUT2D eigenvalue weighted by molar-refractivity contribution is -0.0599. The number of hydrogen-bond donors (Lipinski definition) is 0. The Morgan fingerprint density at radius 1 is 1.07 bits per heavy atom. The molecule has 4 aromatic rings. The molecule has 12 heteroatoms. The molecule has 4 atom stereocenters. The van der Waals surface area contributed by atoms with Crippen molar-refractivity contribution in [3.05, 3.63) is 73.3 Å². The predicted octanol–water partition coefficient (Wildman–Crippen LogP) is 5.65. The summed E-state index contributed by atoms with van der Waals surface area (Å²) >= 11 is 0. The molecule has 0 amide bonds. The van der Waals surface area contributed by atoms with Crippen LogP contribution < -0.4 is 10.4 Å². The number of aromatic nitrogens is 4. The minimum Gasteiger partial charge on any atom is -0.405 e. The first kappa shape index (κ1) is 32.6. The van der Waals surface area contributed by atoms with Crippen molar-refractivity contribution < 1.29 is 13.9 Å². The molecular formula is C32H42N6O3S2Si. The molecule has 0 saturated carbocycles. The Hall–Kier alpha value is -2.74. The fourth-order valence-corrected chi connectivity index (χ4v) is 11.8. The second-order valence-electron chi connectivity index (χ2n) is 12.1. The van der Waals surface area contributed by atoms with Crippen LogP contribution >= 0.6 is 21.6 Å². The third-order valence-corrected chi connectivity index (χ3v) is 14.7. The molecule has 0 bridgehead atoms. The number of ether oxygens (including phenoxy) is 2. The summed E-state index contributed by atoms with van der Waals surface area (Å²) in [5.74, 6) is 0.518. The zero-order chi connectivity index (χ0) is 31.3. The normalized spacial score (nSPS) is 20.0. The highest BCUT2D eigenvalue weighted by molar-refractivity contribution is 8.76. The Morgan fingerprint density at radius 2 is 1.73 bits per heavy atom. The van der Waals surface area contributed by atoms with Gasteiger partial charge in [-0.05, 0) is 28.6 Å². The van der Waals surface area contributed by atoms with E-state index in [1.54, 1.807) is 34.3 Å². The highest BCUT2D eigenvalue weighted by atomic mass is 33.1. The van der Waals surface area contributed by atoms with E-state index in [0.717, 1.165) is 0 Å². The van der Waals surface area contributed by atoms with Crippen molar-refractivity contribution in [3.8, 4) is 0 Å². The molecule has 1 aliphatic heterocycles. The first-order valence-corrected chi connectivity index (χ1v) is 19.3. The minimum atomic E-state index is -2.76. The van der Waals surface area contributed by atoms with Gasteiger partial charge in [0, 0.05) is 20.5 Å². The minimum absolute atomic E-state index is 0.0125. The van der Waals surface area contributed by atoms with Crippen molar-refractivity contribution >= 4 is 63.6 Å². The van der Waals surface area contributed by atoms with Crippen LogP contribution in [-0.4, -0.2) is 83.7 Å². The molecule has 3 heterocycles. The largest absolute Gasteiger partial charge is 0.405 e. The third kappa shape index (κ3) is 6.90. The Balaban J connectivity index is 1.48. The summed E-state index contributed by atoms with van der Waals surface area (Å²) in [5, 5.41) is 2.33. The van der Waals surface area contributed by atoms with E-state index >= 15 is 0 Å². The van der Waals surface area contributed by atoms with E-state index in [-0.39, 0.29) is 28.9 Å². The average molecular weight is 651 g/mol. The van der Waals surface area contributed by atoms with Gasteiger partial charge in [0.25, 0.3) is 8.32 Å². The fourth-order valence-electron chi connectivity index (χ4n) is 5.85.